The molecule has 188 valence electrons. The average molecular weight is 502 g/mol. The van der Waals surface area contributed by atoms with E-state index in [-0.39, 0.29) is 30.6 Å². The van der Waals surface area contributed by atoms with Crippen molar-refractivity contribution >= 4 is 21.6 Å². The van der Waals surface area contributed by atoms with Gasteiger partial charge in [-0.25, -0.2) is 12.8 Å². The van der Waals surface area contributed by atoms with Gasteiger partial charge >= 0.3 is 0 Å². The van der Waals surface area contributed by atoms with E-state index in [2.05, 4.69) is 4.90 Å². The van der Waals surface area contributed by atoms with Gasteiger partial charge < -0.3 is 14.9 Å². The molecule has 0 spiro atoms. The summed E-state index contributed by atoms with van der Waals surface area (Å²) in [7, 11) is -3.64. The summed E-state index contributed by atoms with van der Waals surface area (Å²) in [5.41, 5.74) is 1.86. The van der Waals surface area contributed by atoms with Crippen LogP contribution < -0.4 is 4.90 Å². The molecule has 2 aromatic rings. The second-order valence-electron chi connectivity index (χ2n) is 10.1. The smallest absolute Gasteiger partial charge is 0.251 e. The Labute approximate surface area is 206 Å². The van der Waals surface area contributed by atoms with E-state index in [1.807, 2.05) is 43.3 Å². The molecule has 3 aliphatic heterocycles. The molecule has 1 N–H and O–H groups in total. The topological polar surface area (TPSA) is 81.2 Å². The van der Waals surface area contributed by atoms with E-state index < -0.39 is 27.2 Å². The molecule has 3 aliphatic rings. The molecule has 1 unspecified atom stereocenters. The normalized spacial score (nSPS) is 28.9. The first-order chi connectivity index (χ1) is 16.7. The fourth-order valence-electron chi connectivity index (χ4n) is 5.86. The lowest BCUT2D eigenvalue weighted by atomic mass is 10.0. The molecule has 0 aromatic heterocycles. The Morgan fingerprint density at radius 3 is 2.49 bits per heavy atom. The van der Waals surface area contributed by atoms with Crippen LogP contribution in [0, 0.1) is 5.82 Å². The summed E-state index contributed by atoms with van der Waals surface area (Å²) in [6.07, 6.45) is 1.05. The molecule has 3 heterocycles. The fraction of sp³-hybridized carbons (Fsp3) is 0.500. The maximum Gasteiger partial charge on any atom is 0.251 e. The van der Waals surface area contributed by atoms with Crippen LogP contribution in [-0.2, 0) is 21.4 Å². The van der Waals surface area contributed by atoms with Gasteiger partial charge in [0.1, 0.15) is 17.2 Å². The third-order valence-corrected chi connectivity index (χ3v) is 10.1. The zero-order valence-electron chi connectivity index (χ0n) is 20.0. The zero-order chi connectivity index (χ0) is 24.9. The molecular formula is C26H32FN3O4S. The highest BCUT2D eigenvalue weighted by molar-refractivity contribution is 7.89. The van der Waals surface area contributed by atoms with E-state index in [4.69, 9.17) is 0 Å². The summed E-state index contributed by atoms with van der Waals surface area (Å²) in [5, 5.41) is 9.01. The first kappa shape index (κ1) is 24.2. The first-order valence-electron chi connectivity index (χ1n) is 12.3. The van der Waals surface area contributed by atoms with Gasteiger partial charge in [-0.15, -0.1) is 0 Å². The summed E-state index contributed by atoms with van der Waals surface area (Å²) in [5.74, 6) is -0.684. The van der Waals surface area contributed by atoms with Crippen molar-refractivity contribution in [2.75, 3.05) is 18.0 Å². The number of aliphatic hydroxyl groups excluding tert-OH is 1. The summed E-state index contributed by atoms with van der Waals surface area (Å²) >= 11 is 0. The van der Waals surface area contributed by atoms with Crippen LogP contribution in [0.1, 0.15) is 49.5 Å². The SMILES string of the molecule is C[C@H](O)C(=O)N1C[C@H]2C[C@@H]1CN2c1ccc(CN2[C@@H](C)CCC(c3ccccc3)S2(=O)=O)c(F)c1. The highest BCUT2D eigenvalue weighted by Crippen LogP contribution is 2.39. The number of likely N-dealkylation sites (tertiary alicyclic amines) is 1. The number of aliphatic hydroxyl groups is 1. The molecule has 35 heavy (non-hydrogen) atoms. The van der Waals surface area contributed by atoms with Crippen molar-refractivity contribution in [3.8, 4) is 0 Å². The number of hydrogen-bond donors (Lipinski definition) is 1. The fourth-order valence-corrected chi connectivity index (χ4v) is 8.04. The number of fused-ring (bicyclic) bond motifs is 2. The lowest BCUT2D eigenvalue weighted by Gasteiger charge is -2.38. The van der Waals surface area contributed by atoms with Crippen molar-refractivity contribution in [2.45, 2.75) is 69.1 Å². The minimum Gasteiger partial charge on any atom is -0.384 e. The molecule has 1 amide bonds. The first-order valence-corrected chi connectivity index (χ1v) is 13.8. The van der Waals surface area contributed by atoms with Gasteiger partial charge in [0, 0.05) is 43.0 Å². The number of anilines is 1. The number of rotatable bonds is 5. The molecule has 7 nitrogen and oxygen atoms in total. The second kappa shape index (κ2) is 9.19. The van der Waals surface area contributed by atoms with Crippen molar-refractivity contribution in [1.82, 2.24) is 9.21 Å². The van der Waals surface area contributed by atoms with Crippen LogP contribution in [0.2, 0.25) is 0 Å². The third-order valence-electron chi connectivity index (χ3n) is 7.77. The van der Waals surface area contributed by atoms with Gasteiger partial charge in [0.15, 0.2) is 0 Å². The Morgan fingerprint density at radius 1 is 1.11 bits per heavy atom. The molecular weight excluding hydrogens is 469 g/mol. The minimum absolute atomic E-state index is 0.00166. The molecule has 5 rings (SSSR count). The van der Waals surface area contributed by atoms with Gasteiger partial charge in [-0.05, 0) is 50.8 Å². The molecule has 3 saturated heterocycles. The Bertz CT molecular complexity index is 1210. The lowest BCUT2D eigenvalue weighted by Crippen LogP contribution is -2.51. The number of carbonyl (C=O) groups excluding carboxylic acids is 1. The van der Waals surface area contributed by atoms with Crippen molar-refractivity contribution in [2.24, 2.45) is 0 Å². The molecule has 0 radical (unpaired) electrons. The second-order valence-corrected chi connectivity index (χ2v) is 12.1. The summed E-state index contributed by atoms with van der Waals surface area (Å²) < 4.78 is 43.7. The molecule has 0 saturated carbocycles. The van der Waals surface area contributed by atoms with Crippen LogP contribution in [0.25, 0.3) is 0 Å². The minimum atomic E-state index is -3.64. The zero-order valence-corrected chi connectivity index (χ0v) is 20.9. The van der Waals surface area contributed by atoms with Crippen molar-refractivity contribution in [1.29, 1.82) is 0 Å². The van der Waals surface area contributed by atoms with Crippen LogP contribution in [-0.4, -0.2) is 66.0 Å². The predicted molar refractivity (Wildman–Crippen MR) is 132 cm³/mol. The largest absolute Gasteiger partial charge is 0.384 e. The Balaban J connectivity index is 1.32. The van der Waals surface area contributed by atoms with Gasteiger partial charge in [-0.3, -0.25) is 4.79 Å². The van der Waals surface area contributed by atoms with E-state index in [0.717, 1.165) is 24.1 Å². The lowest BCUT2D eigenvalue weighted by molar-refractivity contribution is -0.140. The number of amides is 1. The van der Waals surface area contributed by atoms with Crippen LogP contribution >= 0.6 is 0 Å². The van der Waals surface area contributed by atoms with E-state index in [0.29, 0.717) is 25.1 Å². The highest BCUT2D eigenvalue weighted by atomic mass is 32.2. The predicted octanol–water partition coefficient (Wildman–Crippen LogP) is 3.05. The maximum atomic E-state index is 15.3. The Morgan fingerprint density at radius 2 is 1.86 bits per heavy atom. The van der Waals surface area contributed by atoms with Gasteiger partial charge in [-0.1, -0.05) is 36.4 Å². The number of hydrogen-bond acceptors (Lipinski definition) is 5. The van der Waals surface area contributed by atoms with Crippen molar-refractivity contribution in [3.63, 3.8) is 0 Å². The summed E-state index contributed by atoms with van der Waals surface area (Å²) in [6, 6.07) is 14.1. The van der Waals surface area contributed by atoms with Crippen LogP contribution in [0.4, 0.5) is 10.1 Å². The molecule has 2 bridgehead atoms. The quantitative estimate of drug-likeness (QED) is 0.681. The van der Waals surface area contributed by atoms with Crippen molar-refractivity contribution in [3.05, 3.63) is 65.5 Å². The number of carbonyl (C=O) groups is 1. The number of benzene rings is 2. The van der Waals surface area contributed by atoms with E-state index >= 15 is 4.39 Å². The molecule has 5 atom stereocenters. The van der Waals surface area contributed by atoms with E-state index in [9.17, 15) is 18.3 Å². The number of sulfonamides is 1. The van der Waals surface area contributed by atoms with Crippen LogP contribution in [0.5, 0.6) is 0 Å². The van der Waals surface area contributed by atoms with Gasteiger partial charge in [0.05, 0.1) is 6.04 Å². The summed E-state index contributed by atoms with van der Waals surface area (Å²) in [4.78, 5) is 16.0. The van der Waals surface area contributed by atoms with Gasteiger partial charge in [0.2, 0.25) is 10.0 Å². The van der Waals surface area contributed by atoms with Crippen LogP contribution in [0.15, 0.2) is 48.5 Å². The van der Waals surface area contributed by atoms with Gasteiger partial charge in [-0.2, -0.15) is 4.31 Å². The molecule has 0 aliphatic carbocycles. The number of nitrogens with zero attached hydrogens (tertiary/aromatic N) is 3. The van der Waals surface area contributed by atoms with Crippen molar-refractivity contribution < 1.29 is 22.7 Å². The molecule has 9 heteroatoms. The van der Waals surface area contributed by atoms with Gasteiger partial charge in [0.25, 0.3) is 5.91 Å². The Kier molecular flexibility index (Phi) is 6.35. The number of piperazine rings is 1. The Hall–Kier alpha value is -2.49. The van der Waals surface area contributed by atoms with E-state index in [1.165, 1.54) is 17.3 Å². The third kappa shape index (κ3) is 4.34. The number of halogens is 1. The maximum absolute atomic E-state index is 15.3. The molecule has 3 fully saturated rings. The highest BCUT2D eigenvalue weighted by Gasteiger charge is 2.46. The summed E-state index contributed by atoms with van der Waals surface area (Å²) in [6.45, 7) is 4.47. The molecule has 2 aromatic carbocycles. The monoisotopic (exact) mass is 501 g/mol. The van der Waals surface area contributed by atoms with E-state index in [1.54, 1.807) is 11.0 Å². The average Bonchev–Trinajstić information content (AvgIpc) is 3.43. The standard InChI is InChI=1S/C26H32FN3O4S/c1-17-8-11-25(19-6-4-3-5-7-19)35(33,34)30(17)14-20-9-10-21(13-24(20)27)28-15-23-12-22(28)16-29(23)26(32)18(2)31/h3-7,9-10,13,17-18,22-23,25,31H,8,11-12,14-16H2,1-2H3/t17-,18-,22+,23+,25?/m0/s1. The van der Waals surface area contributed by atoms with Crippen LogP contribution in [0.3, 0.4) is 0 Å².